The summed E-state index contributed by atoms with van der Waals surface area (Å²) in [4.78, 5) is 4.97. The van der Waals surface area contributed by atoms with Crippen LogP contribution in [0.4, 0.5) is 34.1 Å². The van der Waals surface area contributed by atoms with Crippen molar-refractivity contribution in [1.29, 1.82) is 0 Å². The van der Waals surface area contributed by atoms with Crippen molar-refractivity contribution in [3.63, 3.8) is 0 Å². The molecule has 1 spiro atoms. The third-order valence-electron chi connectivity index (χ3n) is 14.7. The summed E-state index contributed by atoms with van der Waals surface area (Å²) < 4.78 is 2.42. The Balaban J connectivity index is 1.05. The van der Waals surface area contributed by atoms with Crippen molar-refractivity contribution in [3.05, 3.63) is 295 Å². The molecule has 1 heterocycles. The Hall–Kier alpha value is -9.18. The molecule has 0 saturated carbocycles. The van der Waals surface area contributed by atoms with Gasteiger partial charge in [-0.2, -0.15) is 0 Å². The second-order valence-corrected chi connectivity index (χ2v) is 18.4. The molecule has 0 radical (unpaired) electrons. The molecule has 12 aromatic rings. The summed E-state index contributed by atoms with van der Waals surface area (Å²) in [6, 6.07) is 100. The average Bonchev–Trinajstić information content (AvgIpc) is 4.05. The van der Waals surface area contributed by atoms with E-state index in [0.717, 1.165) is 45.3 Å². The van der Waals surface area contributed by atoms with Crippen molar-refractivity contribution in [2.75, 3.05) is 9.80 Å². The van der Waals surface area contributed by atoms with Gasteiger partial charge in [0.1, 0.15) is 0 Å². The molecule has 2 aliphatic carbocycles. The first-order chi connectivity index (χ1) is 34.8. The molecule has 0 saturated heterocycles. The minimum Gasteiger partial charge on any atom is -0.310 e. The van der Waals surface area contributed by atoms with E-state index >= 15 is 0 Å². The SMILES string of the molecule is c1ccc(-c2cccc(N(c3ccccc3)c3cccc4c3-c3ccccc3C43c4ccccc4-c4cccc(N(c5ccccc5)c5ccc6c7ccccc7n(-c7ccccc7)c6c5)c43)c2)cc1. The predicted octanol–water partition coefficient (Wildman–Crippen LogP) is 17.7. The third-order valence-corrected chi connectivity index (χ3v) is 14.7. The molecular formula is C67H45N3. The number of fused-ring (bicyclic) bond motifs is 13. The molecule has 1 aromatic heterocycles. The average molecular weight is 892 g/mol. The van der Waals surface area contributed by atoms with Crippen molar-refractivity contribution < 1.29 is 0 Å². The Morgan fingerprint density at radius 2 is 0.800 bits per heavy atom. The zero-order valence-electron chi connectivity index (χ0n) is 38.3. The van der Waals surface area contributed by atoms with Crippen molar-refractivity contribution in [1.82, 2.24) is 4.57 Å². The van der Waals surface area contributed by atoms with Crippen LogP contribution in [0.25, 0.3) is 60.9 Å². The molecule has 11 aromatic carbocycles. The first-order valence-corrected chi connectivity index (χ1v) is 24.2. The van der Waals surface area contributed by atoms with E-state index in [9.17, 15) is 0 Å². The maximum atomic E-state index is 2.51. The smallest absolute Gasteiger partial charge is 0.0746 e. The predicted molar refractivity (Wildman–Crippen MR) is 292 cm³/mol. The highest BCUT2D eigenvalue weighted by molar-refractivity contribution is 6.11. The lowest BCUT2D eigenvalue weighted by Crippen LogP contribution is -2.28. The molecule has 70 heavy (non-hydrogen) atoms. The molecule has 1 unspecified atom stereocenters. The second-order valence-electron chi connectivity index (χ2n) is 18.4. The van der Waals surface area contributed by atoms with Gasteiger partial charge >= 0.3 is 0 Å². The van der Waals surface area contributed by atoms with Crippen LogP contribution in [-0.2, 0) is 5.41 Å². The summed E-state index contributed by atoms with van der Waals surface area (Å²) in [6.07, 6.45) is 0. The van der Waals surface area contributed by atoms with Gasteiger partial charge in [0.2, 0.25) is 0 Å². The van der Waals surface area contributed by atoms with Crippen LogP contribution in [0.15, 0.2) is 273 Å². The highest BCUT2D eigenvalue weighted by Gasteiger charge is 2.54. The van der Waals surface area contributed by atoms with Crippen LogP contribution in [-0.4, -0.2) is 4.57 Å². The number of rotatable bonds is 8. The Morgan fingerprint density at radius 3 is 1.56 bits per heavy atom. The molecule has 2 aliphatic rings. The lowest BCUT2D eigenvalue weighted by molar-refractivity contribution is 0.793. The molecule has 0 bridgehead atoms. The molecule has 1 atom stereocenters. The lowest BCUT2D eigenvalue weighted by Gasteiger charge is -2.36. The molecule has 0 amide bonds. The van der Waals surface area contributed by atoms with Crippen molar-refractivity contribution in [3.8, 4) is 39.1 Å². The van der Waals surface area contributed by atoms with Gasteiger partial charge in [0.25, 0.3) is 0 Å². The summed E-state index contributed by atoms with van der Waals surface area (Å²) in [5.41, 5.74) is 22.0. The third kappa shape index (κ3) is 5.88. The number of nitrogens with zero attached hydrogens (tertiary/aromatic N) is 3. The number of para-hydroxylation sites is 4. The number of hydrogen-bond donors (Lipinski definition) is 0. The van der Waals surface area contributed by atoms with E-state index in [0.29, 0.717) is 0 Å². The summed E-state index contributed by atoms with van der Waals surface area (Å²) in [6.45, 7) is 0. The summed E-state index contributed by atoms with van der Waals surface area (Å²) in [5.74, 6) is 0. The van der Waals surface area contributed by atoms with Crippen LogP contribution in [0, 0.1) is 0 Å². The minimum atomic E-state index is -0.658. The van der Waals surface area contributed by atoms with Crippen LogP contribution >= 0.6 is 0 Å². The van der Waals surface area contributed by atoms with E-state index in [2.05, 4.69) is 287 Å². The van der Waals surface area contributed by atoms with Crippen LogP contribution < -0.4 is 9.80 Å². The summed E-state index contributed by atoms with van der Waals surface area (Å²) in [7, 11) is 0. The van der Waals surface area contributed by atoms with Crippen molar-refractivity contribution >= 4 is 55.9 Å². The number of aromatic nitrogens is 1. The van der Waals surface area contributed by atoms with Gasteiger partial charge < -0.3 is 14.4 Å². The molecule has 0 fully saturated rings. The van der Waals surface area contributed by atoms with Gasteiger partial charge in [-0.3, -0.25) is 0 Å². The molecule has 328 valence electrons. The molecule has 14 rings (SSSR count). The van der Waals surface area contributed by atoms with Crippen molar-refractivity contribution in [2.24, 2.45) is 0 Å². The summed E-state index contributed by atoms with van der Waals surface area (Å²) in [5, 5.41) is 2.46. The number of benzene rings is 11. The number of anilines is 6. The number of hydrogen-bond acceptors (Lipinski definition) is 2. The van der Waals surface area contributed by atoms with Crippen LogP contribution in [0.5, 0.6) is 0 Å². The fourth-order valence-corrected chi connectivity index (χ4v) is 12.0. The van der Waals surface area contributed by atoms with Gasteiger partial charge in [-0.15, -0.1) is 0 Å². The van der Waals surface area contributed by atoms with E-state index in [1.807, 2.05) is 0 Å². The maximum absolute atomic E-state index is 2.51. The second kappa shape index (κ2) is 16.0. The maximum Gasteiger partial charge on any atom is 0.0746 e. The van der Waals surface area contributed by atoms with Gasteiger partial charge in [-0.1, -0.05) is 194 Å². The van der Waals surface area contributed by atoms with E-state index in [-0.39, 0.29) is 0 Å². The van der Waals surface area contributed by atoms with Crippen LogP contribution in [0.1, 0.15) is 22.3 Å². The molecule has 3 heteroatoms. The minimum absolute atomic E-state index is 0.658. The Bertz CT molecular complexity index is 3950. The topological polar surface area (TPSA) is 11.4 Å². The first-order valence-electron chi connectivity index (χ1n) is 24.2. The largest absolute Gasteiger partial charge is 0.310 e. The fraction of sp³-hybridized carbons (Fsp3) is 0.0149. The Morgan fingerprint density at radius 1 is 0.300 bits per heavy atom. The fourth-order valence-electron chi connectivity index (χ4n) is 12.0. The van der Waals surface area contributed by atoms with Gasteiger partial charge in [-0.25, -0.2) is 0 Å². The van der Waals surface area contributed by atoms with E-state index in [1.165, 1.54) is 71.9 Å². The zero-order chi connectivity index (χ0) is 46.2. The monoisotopic (exact) mass is 891 g/mol. The molecular weight excluding hydrogens is 847 g/mol. The Labute approximate surface area is 408 Å². The Kier molecular flexibility index (Phi) is 9.11. The summed E-state index contributed by atoms with van der Waals surface area (Å²) >= 11 is 0. The highest BCUT2D eigenvalue weighted by Crippen LogP contribution is 2.67. The molecule has 0 N–H and O–H groups in total. The highest BCUT2D eigenvalue weighted by atomic mass is 15.2. The lowest BCUT2D eigenvalue weighted by atomic mass is 9.70. The van der Waals surface area contributed by atoms with E-state index in [1.54, 1.807) is 0 Å². The van der Waals surface area contributed by atoms with Gasteiger partial charge in [0, 0.05) is 50.3 Å². The quantitative estimate of drug-likeness (QED) is 0.151. The normalized spacial score (nSPS) is 14.1. The van der Waals surface area contributed by atoms with Gasteiger partial charge in [0.05, 0.1) is 27.8 Å². The first kappa shape index (κ1) is 39.9. The standard InChI is InChI=1S/C67H45N3/c1-5-22-46(23-6-1)47-24-19-31-51(44-47)68(48-25-7-2-8-26-48)62-40-21-38-60-65(62)57-34-14-17-37-59(57)67(60)58-36-16-13-32-53(58)56-35-20-41-63(66(56)67)69(49-27-9-3-10-28-49)52-42-43-55-54-33-15-18-39-61(54)70(64(55)45-52)50-29-11-4-12-30-50/h1-45H. The van der Waals surface area contributed by atoms with Gasteiger partial charge in [-0.05, 0) is 123 Å². The molecule has 0 aliphatic heterocycles. The van der Waals surface area contributed by atoms with Gasteiger partial charge in [0.15, 0.2) is 0 Å². The van der Waals surface area contributed by atoms with Crippen molar-refractivity contribution in [2.45, 2.75) is 5.41 Å². The van der Waals surface area contributed by atoms with Crippen LogP contribution in [0.3, 0.4) is 0 Å². The zero-order valence-corrected chi connectivity index (χ0v) is 38.3. The molecule has 3 nitrogen and oxygen atoms in total. The van der Waals surface area contributed by atoms with Crippen LogP contribution in [0.2, 0.25) is 0 Å². The van der Waals surface area contributed by atoms with E-state index < -0.39 is 5.41 Å². The van der Waals surface area contributed by atoms with E-state index in [4.69, 9.17) is 0 Å².